The van der Waals surface area contributed by atoms with Gasteiger partial charge in [-0.05, 0) is 5.18 Å². The van der Waals surface area contributed by atoms with Gasteiger partial charge >= 0.3 is 0 Å². The van der Waals surface area contributed by atoms with E-state index in [1.54, 1.807) is 0 Å². The van der Waals surface area contributed by atoms with Crippen LogP contribution in [-0.4, -0.2) is 15.2 Å². The monoisotopic (exact) mass is 128 g/mol. The normalized spacial score (nSPS) is 9.33. The first-order valence-electron chi connectivity index (χ1n) is 2.12. The summed E-state index contributed by atoms with van der Waals surface area (Å²) in [6.45, 7) is 0. The summed E-state index contributed by atoms with van der Waals surface area (Å²) in [7, 11) is 0. The zero-order valence-electron chi connectivity index (χ0n) is 4.35. The standard InChI is InChI=1S/C3H4N4O2/c4-3-2(6-8)1-5-7(3)9/h1,9H,4H2. The lowest BCUT2D eigenvalue weighted by atomic mass is 10.5. The molecule has 0 saturated carbocycles. The molecule has 0 aliphatic heterocycles. The largest absolute Gasteiger partial charge is 0.410 e. The Balaban J connectivity index is 3.18. The lowest BCUT2D eigenvalue weighted by Crippen LogP contribution is -1.98. The summed E-state index contributed by atoms with van der Waals surface area (Å²) < 4.78 is 0. The molecule has 6 heteroatoms. The lowest BCUT2D eigenvalue weighted by molar-refractivity contribution is 0.155. The molecule has 0 spiro atoms. The van der Waals surface area contributed by atoms with E-state index in [1.807, 2.05) is 0 Å². The van der Waals surface area contributed by atoms with Gasteiger partial charge in [-0.3, -0.25) is 0 Å². The number of nitroso groups, excluding NO2 is 1. The highest BCUT2D eigenvalue weighted by Gasteiger charge is 2.04. The van der Waals surface area contributed by atoms with Gasteiger partial charge in [-0.2, -0.15) is 0 Å². The number of hydrogen-bond acceptors (Lipinski definition) is 5. The third-order valence-electron chi connectivity index (χ3n) is 0.866. The van der Waals surface area contributed by atoms with Gasteiger partial charge in [0, 0.05) is 0 Å². The van der Waals surface area contributed by atoms with Crippen molar-refractivity contribution >= 4 is 11.5 Å². The first-order chi connectivity index (χ1) is 4.25. The van der Waals surface area contributed by atoms with Gasteiger partial charge in [-0.1, -0.05) is 4.85 Å². The van der Waals surface area contributed by atoms with Crippen LogP contribution >= 0.6 is 0 Å². The molecule has 0 radical (unpaired) electrons. The van der Waals surface area contributed by atoms with Crippen molar-refractivity contribution in [2.75, 3.05) is 5.73 Å². The zero-order chi connectivity index (χ0) is 6.85. The van der Waals surface area contributed by atoms with Gasteiger partial charge in [0.25, 0.3) is 0 Å². The molecule has 0 fully saturated rings. The highest BCUT2D eigenvalue weighted by molar-refractivity contribution is 5.55. The summed E-state index contributed by atoms with van der Waals surface area (Å²) in [5.74, 6) is -0.148. The molecule has 0 aliphatic carbocycles. The van der Waals surface area contributed by atoms with Crippen LogP contribution in [0.1, 0.15) is 0 Å². The molecule has 0 unspecified atom stereocenters. The van der Waals surface area contributed by atoms with Crippen LogP contribution < -0.4 is 5.73 Å². The second kappa shape index (κ2) is 1.73. The number of rotatable bonds is 1. The van der Waals surface area contributed by atoms with Crippen molar-refractivity contribution in [3.05, 3.63) is 11.1 Å². The summed E-state index contributed by atoms with van der Waals surface area (Å²) in [6.07, 6.45) is 1.07. The molecule has 0 bridgehead atoms. The fourth-order valence-corrected chi connectivity index (χ4v) is 0.411. The van der Waals surface area contributed by atoms with Crippen LogP contribution in [0.4, 0.5) is 11.5 Å². The van der Waals surface area contributed by atoms with Crippen molar-refractivity contribution in [2.24, 2.45) is 5.18 Å². The fourth-order valence-electron chi connectivity index (χ4n) is 0.411. The Morgan fingerprint density at radius 1 is 1.89 bits per heavy atom. The number of nitrogen functional groups attached to an aromatic ring is 1. The Kier molecular flexibility index (Phi) is 1.07. The zero-order valence-corrected chi connectivity index (χ0v) is 4.35. The Morgan fingerprint density at radius 2 is 2.56 bits per heavy atom. The smallest absolute Gasteiger partial charge is 0.192 e. The van der Waals surface area contributed by atoms with Crippen LogP contribution in [0.25, 0.3) is 0 Å². The Labute approximate surface area is 49.8 Å². The van der Waals surface area contributed by atoms with E-state index in [4.69, 9.17) is 10.9 Å². The second-order valence-electron chi connectivity index (χ2n) is 1.40. The molecule has 0 amide bonds. The molecule has 48 valence electrons. The Morgan fingerprint density at radius 3 is 2.78 bits per heavy atom. The number of hydrogen-bond donors (Lipinski definition) is 2. The van der Waals surface area contributed by atoms with Crippen molar-refractivity contribution in [3.63, 3.8) is 0 Å². The molecule has 3 N–H and O–H groups in total. The summed E-state index contributed by atoms with van der Waals surface area (Å²) in [5, 5.41) is 14.3. The van der Waals surface area contributed by atoms with Crippen molar-refractivity contribution < 1.29 is 5.21 Å². The molecule has 0 aromatic carbocycles. The van der Waals surface area contributed by atoms with E-state index in [0.717, 1.165) is 6.20 Å². The predicted octanol–water partition coefficient (Wildman–Crippen LogP) is 0.100. The maximum Gasteiger partial charge on any atom is 0.192 e. The summed E-state index contributed by atoms with van der Waals surface area (Å²) in [6, 6.07) is 0. The van der Waals surface area contributed by atoms with E-state index in [-0.39, 0.29) is 11.5 Å². The second-order valence-corrected chi connectivity index (χ2v) is 1.40. The first kappa shape index (κ1) is 5.54. The summed E-state index contributed by atoms with van der Waals surface area (Å²) in [4.78, 5) is 10.1. The van der Waals surface area contributed by atoms with Crippen molar-refractivity contribution in [2.45, 2.75) is 0 Å². The molecule has 1 heterocycles. The van der Waals surface area contributed by atoms with E-state index in [2.05, 4.69) is 10.3 Å². The van der Waals surface area contributed by atoms with Gasteiger partial charge in [0.2, 0.25) is 0 Å². The quantitative estimate of drug-likeness (QED) is 0.414. The number of nitrogens with two attached hydrogens (primary N) is 1. The van der Waals surface area contributed by atoms with Crippen molar-refractivity contribution in [1.82, 2.24) is 9.94 Å². The van der Waals surface area contributed by atoms with Gasteiger partial charge in [-0.25, -0.2) is 0 Å². The third-order valence-corrected chi connectivity index (χ3v) is 0.866. The molecule has 0 saturated heterocycles. The van der Waals surface area contributed by atoms with Gasteiger partial charge in [0.15, 0.2) is 11.5 Å². The van der Waals surface area contributed by atoms with Crippen LogP contribution in [0.5, 0.6) is 0 Å². The first-order valence-corrected chi connectivity index (χ1v) is 2.12. The molecule has 1 aromatic rings. The number of nitrogens with zero attached hydrogens (tertiary/aromatic N) is 3. The van der Waals surface area contributed by atoms with Crippen LogP contribution in [0.15, 0.2) is 11.4 Å². The molecule has 1 rings (SSSR count). The van der Waals surface area contributed by atoms with E-state index in [9.17, 15) is 4.91 Å². The third kappa shape index (κ3) is 0.693. The van der Waals surface area contributed by atoms with E-state index < -0.39 is 0 Å². The van der Waals surface area contributed by atoms with Gasteiger partial charge < -0.3 is 10.9 Å². The molecular formula is C3H4N4O2. The number of anilines is 1. The van der Waals surface area contributed by atoms with E-state index in [0.29, 0.717) is 4.85 Å². The highest BCUT2D eigenvalue weighted by atomic mass is 16.5. The van der Waals surface area contributed by atoms with Gasteiger partial charge in [0.1, 0.15) is 0 Å². The minimum absolute atomic E-state index is 0.0579. The van der Waals surface area contributed by atoms with Crippen molar-refractivity contribution in [1.29, 1.82) is 0 Å². The Bertz CT molecular complexity index is 230. The predicted molar refractivity (Wildman–Crippen MR) is 29.3 cm³/mol. The average molecular weight is 128 g/mol. The van der Waals surface area contributed by atoms with Crippen LogP contribution in [0, 0.1) is 4.91 Å². The minimum atomic E-state index is -0.148. The van der Waals surface area contributed by atoms with Gasteiger partial charge in [0.05, 0.1) is 6.20 Å². The van der Waals surface area contributed by atoms with E-state index >= 15 is 0 Å². The maximum absolute atomic E-state index is 9.75. The average Bonchev–Trinajstić information content (AvgIpc) is 2.15. The highest BCUT2D eigenvalue weighted by Crippen LogP contribution is 2.17. The van der Waals surface area contributed by atoms with Crippen LogP contribution in [0.2, 0.25) is 0 Å². The maximum atomic E-state index is 9.75. The van der Waals surface area contributed by atoms with Crippen LogP contribution in [0.3, 0.4) is 0 Å². The molecule has 6 nitrogen and oxygen atoms in total. The summed E-state index contributed by atoms with van der Waals surface area (Å²) >= 11 is 0. The van der Waals surface area contributed by atoms with Crippen LogP contribution in [-0.2, 0) is 0 Å². The molecule has 9 heavy (non-hydrogen) atoms. The molecular weight excluding hydrogens is 124 g/mol. The molecule has 1 aromatic heterocycles. The molecule has 0 atom stereocenters. The Hall–Kier alpha value is -1.59. The lowest BCUT2D eigenvalue weighted by Gasteiger charge is -1.87. The summed E-state index contributed by atoms with van der Waals surface area (Å²) in [5.41, 5.74) is 5.01. The fraction of sp³-hybridized carbons (Fsp3) is 0. The SMILES string of the molecule is Nc1c(N=O)cnn1O. The molecule has 0 aliphatic rings. The van der Waals surface area contributed by atoms with Gasteiger partial charge in [-0.15, -0.1) is 10.0 Å². The van der Waals surface area contributed by atoms with E-state index in [1.165, 1.54) is 0 Å². The van der Waals surface area contributed by atoms with Crippen molar-refractivity contribution in [3.8, 4) is 0 Å². The topological polar surface area (TPSA) is 93.5 Å². The number of aromatic nitrogens is 2. The minimum Gasteiger partial charge on any atom is -0.410 e.